The van der Waals surface area contributed by atoms with Crippen LogP contribution in [0.5, 0.6) is 0 Å². The number of nitrogens with one attached hydrogen (secondary N) is 2. The minimum Gasteiger partial charge on any atom is -0.308 e. The van der Waals surface area contributed by atoms with Crippen LogP contribution in [0.3, 0.4) is 0 Å². The molecule has 0 fully saturated rings. The number of imidazole rings is 1. The Bertz CT molecular complexity index is 765. The van der Waals surface area contributed by atoms with Crippen molar-refractivity contribution in [3.05, 3.63) is 66.9 Å². The highest BCUT2D eigenvalue weighted by Crippen LogP contribution is 2.12. The number of urea groups is 1. The van der Waals surface area contributed by atoms with Crippen LogP contribution in [-0.2, 0) is 0 Å². The third-order valence-electron chi connectivity index (χ3n) is 3.05. The van der Waals surface area contributed by atoms with Crippen molar-refractivity contribution >= 4 is 17.4 Å². The van der Waals surface area contributed by atoms with Gasteiger partial charge in [-0.15, -0.1) is 0 Å². The number of rotatable bonds is 3. The third-order valence-corrected chi connectivity index (χ3v) is 3.05. The number of hydrogen-bond donors (Lipinski definition) is 2. The predicted molar refractivity (Wildman–Crippen MR) is 85.2 cm³/mol. The van der Waals surface area contributed by atoms with Gasteiger partial charge in [-0.2, -0.15) is 0 Å². The van der Waals surface area contributed by atoms with E-state index in [-0.39, 0.29) is 6.03 Å². The number of nitrogens with zero attached hydrogens (tertiary/aromatic N) is 3. The second-order valence-electron chi connectivity index (χ2n) is 4.82. The van der Waals surface area contributed by atoms with Gasteiger partial charge in [-0.1, -0.05) is 12.1 Å². The number of amides is 2. The molecule has 0 spiro atoms. The summed E-state index contributed by atoms with van der Waals surface area (Å²) in [5, 5.41) is 5.53. The quantitative estimate of drug-likeness (QED) is 0.778. The first kappa shape index (κ1) is 13.8. The summed E-state index contributed by atoms with van der Waals surface area (Å²) in [5.41, 5.74) is 2.46. The fourth-order valence-electron chi connectivity index (χ4n) is 2.02. The van der Waals surface area contributed by atoms with Gasteiger partial charge < -0.3 is 10.6 Å². The number of anilines is 2. The van der Waals surface area contributed by atoms with Crippen LogP contribution in [0.4, 0.5) is 16.2 Å². The standard InChI is InChI=1S/C16H15N5O/c1-12-3-2-4-13(9-12)19-16(22)20-14-5-6-15(18-10-14)21-8-7-17-11-21/h2-11H,1H3,(H2,19,20,22). The lowest BCUT2D eigenvalue weighted by Crippen LogP contribution is -2.19. The average Bonchev–Trinajstić information content (AvgIpc) is 3.02. The van der Waals surface area contributed by atoms with Crippen LogP contribution in [0.25, 0.3) is 5.82 Å². The number of hydrogen-bond acceptors (Lipinski definition) is 3. The third kappa shape index (κ3) is 3.29. The molecule has 3 rings (SSSR count). The lowest BCUT2D eigenvalue weighted by atomic mass is 10.2. The molecule has 0 bridgehead atoms. The fraction of sp³-hybridized carbons (Fsp3) is 0.0625. The van der Waals surface area contributed by atoms with Crippen molar-refractivity contribution in [3.63, 3.8) is 0 Å². The van der Waals surface area contributed by atoms with E-state index in [0.717, 1.165) is 17.1 Å². The summed E-state index contributed by atoms with van der Waals surface area (Å²) >= 11 is 0. The number of pyridine rings is 1. The van der Waals surface area contributed by atoms with Crippen LogP contribution >= 0.6 is 0 Å². The molecule has 110 valence electrons. The Hall–Kier alpha value is -3.15. The maximum absolute atomic E-state index is 11.9. The van der Waals surface area contributed by atoms with Crippen LogP contribution in [-0.4, -0.2) is 20.6 Å². The van der Waals surface area contributed by atoms with Crippen molar-refractivity contribution in [3.8, 4) is 5.82 Å². The zero-order valence-corrected chi connectivity index (χ0v) is 12.0. The topological polar surface area (TPSA) is 71.8 Å². The van der Waals surface area contributed by atoms with Gasteiger partial charge in [0, 0.05) is 18.1 Å². The van der Waals surface area contributed by atoms with Crippen LogP contribution < -0.4 is 10.6 Å². The van der Waals surface area contributed by atoms with Crippen molar-refractivity contribution in [1.82, 2.24) is 14.5 Å². The molecule has 0 unspecified atom stereocenters. The molecule has 2 heterocycles. The van der Waals surface area contributed by atoms with Gasteiger partial charge in [-0.05, 0) is 36.8 Å². The van der Waals surface area contributed by atoms with Crippen LogP contribution in [0.15, 0.2) is 61.3 Å². The van der Waals surface area contributed by atoms with E-state index in [1.54, 1.807) is 35.6 Å². The molecule has 0 aliphatic rings. The smallest absolute Gasteiger partial charge is 0.308 e. The number of aryl methyl sites for hydroxylation is 1. The minimum atomic E-state index is -0.303. The van der Waals surface area contributed by atoms with E-state index >= 15 is 0 Å². The summed E-state index contributed by atoms with van der Waals surface area (Å²) in [6, 6.07) is 10.9. The van der Waals surface area contributed by atoms with E-state index in [1.807, 2.05) is 37.3 Å². The maximum atomic E-state index is 11.9. The lowest BCUT2D eigenvalue weighted by Gasteiger charge is -2.08. The molecule has 2 N–H and O–H groups in total. The molecule has 6 nitrogen and oxygen atoms in total. The van der Waals surface area contributed by atoms with Crippen molar-refractivity contribution in [2.24, 2.45) is 0 Å². The molecule has 0 atom stereocenters. The highest BCUT2D eigenvalue weighted by atomic mass is 16.2. The van der Waals surface area contributed by atoms with E-state index in [0.29, 0.717) is 5.69 Å². The zero-order valence-electron chi connectivity index (χ0n) is 12.0. The Balaban J connectivity index is 1.64. The molecule has 22 heavy (non-hydrogen) atoms. The molecule has 2 aromatic heterocycles. The summed E-state index contributed by atoms with van der Waals surface area (Å²) in [5.74, 6) is 0.738. The highest BCUT2D eigenvalue weighted by molar-refractivity contribution is 5.99. The predicted octanol–water partition coefficient (Wildman–Crippen LogP) is 3.22. The van der Waals surface area contributed by atoms with E-state index in [1.165, 1.54) is 0 Å². The Labute approximate surface area is 127 Å². The van der Waals surface area contributed by atoms with Gasteiger partial charge in [0.2, 0.25) is 0 Å². The first-order valence-corrected chi connectivity index (χ1v) is 6.80. The SMILES string of the molecule is Cc1cccc(NC(=O)Nc2ccc(-n3ccnc3)nc2)c1. The average molecular weight is 293 g/mol. The van der Waals surface area contributed by atoms with Crippen LogP contribution in [0.2, 0.25) is 0 Å². The van der Waals surface area contributed by atoms with E-state index < -0.39 is 0 Å². The number of aromatic nitrogens is 3. The summed E-state index contributed by atoms with van der Waals surface area (Å²) in [4.78, 5) is 20.2. The first-order chi connectivity index (χ1) is 10.7. The zero-order chi connectivity index (χ0) is 15.4. The summed E-state index contributed by atoms with van der Waals surface area (Å²) in [6.45, 7) is 1.97. The van der Waals surface area contributed by atoms with Gasteiger partial charge in [-0.25, -0.2) is 14.8 Å². The number of carbonyl (C=O) groups is 1. The molecule has 6 heteroatoms. The van der Waals surface area contributed by atoms with Crippen molar-refractivity contribution < 1.29 is 4.79 Å². The van der Waals surface area contributed by atoms with Crippen molar-refractivity contribution in [2.75, 3.05) is 10.6 Å². The van der Waals surface area contributed by atoms with Crippen molar-refractivity contribution in [2.45, 2.75) is 6.92 Å². The summed E-state index contributed by atoms with van der Waals surface area (Å²) < 4.78 is 1.79. The monoisotopic (exact) mass is 293 g/mol. The molecular weight excluding hydrogens is 278 g/mol. The molecule has 0 saturated carbocycles. The Kier molecular flexibility index (Phi) is 3.82. The van der Waals surface area contributed by atoms with Gasteiger partial charge >= 0.3 is 6.03 Å². The first-order valence-electron chi connectivity index (χ1n) is 6.80. The second kappa shape index (κ2) is 6.09. The Morgan fingerprint density at radius 1 is 1.14 bits per heavy atom. The summed E-state index contributed by atoms with van der Waals surface area (Å²) in [6.07, 6.45) is 6.76. The number of carbonyl (C=O) groups excluding carboxylic acids is 1. The molecule has 1 aromatic carbocycles. The molecular formula is C16H15N5O. The van der Waals surface area contributed by atoms with Crippen LogP contribution in [0, 0.1) is 6.92 Å². The molecule has 3 aromatic rings. The van der Waals surface area contributed by atoms with Gasteiger partial charge in [0.15, 0.2) is 0 Å². The van der Waals surface area contributed by atoms with Crippen molar-refractivity contribution in [1.29, 1.82) is 0 Å². The van der Waals surface area contributed by atoms with Crippen LogP contribution in [0.1, 0.15) is 5.56 Å². The Morgan fingerprint density at radius 3 is 2.68 bits per heavy atom. The normalized spacial score (nSPS) is 10.2. The molecule has 0 saturated heterocycles. The van der Waals surface area contributed by atoms with E-state index in [2.05, 4.69) is 20.6 Å². The van der Waals surface area contributed by atoms with Gasteiger partial charge in [0.1, 0.15) is 12.1 Å². The van der Waals surface area contributed by atoms with Gasteiger partial charge in [0.05, 0.1) is 11.9 Å². The maximum Gasteiger partial charge on any atom is 0.323 e. The lowest BCUT2D eigenvalue weighted by molar-refractivity contribution is 0.262. The molecule has 0 aliphatic heterocycles. The highest BCUT2D eigenvalue weighted by Gasteiger charge is 2.04. The largest absolute Gasteiger partial charge is 0.323 e. The van der Waals surface area contributed by atoms with E-state index in [9.17, 15) is 4.79 Å². The Morgan fingerprint density at radius 2 is 2.00 bits per heavy atom. The molecule has 0 radical (unpaired) electrons. The number of benzene rings is 1. The molecule has 0 aliphatic carbocycles. The molecule has 2 amide bonds. The van der Waals surface area contributed by atoms with Gasteiger partial charge in [0.25, 0.3) is 0 Å². The minimum absolute atomic E-state index is 0.303. The van der Waals surface area contributed by atoms with Gasteiger partial charge in [-0.3, -0.25) is 4.57 Å². The van der Waals surface area contributed by atoms with E-state index in [4.69, 9.17) is 0 Å². The fourth-order valence-corrected chi connectivity index (χ4v) is 2.02. The summed E-state index contributed by atoms with van der Waals surface area (Å²) in [7, 11) is 0. The second-order valence-corrected chi connectivity index (χ2v) is 4.82.